The molecule has 0 aliphatic heterocycles. The van der Waals surface area contributed by atoms with Gasteiger partial charge in [-0.3, -0.25) is 0 Å². The molecule has 0 unspecified atom stereocenters. The summed E-state index contributed by atoms with van der Waals surface area (Å²) >= 11 is 5.15. The topological polar surface area (TPSA) is 47.7 Å². The van der Waals surface area contributed by atoms with E-state index in [0.29, 0.717) is 17.6 Å². The van der Waals surface area contributed by atoms with Crippen LogP contribution in [0.15, 0.2) is 18.2 Å². The molecule has 19 heavy (non-hydrogen) atoms. The highest BCUT2D eigenvalue weighted by molar-refractivity contribution is 7.80. The standard InChI is InChI=1S/C14H20N2O2S/c1-17-8-7-16(10-3-4-10)13-9-11(18-2)5-6-12(13)14(15)19/h5-6,9-10H,3-4,7-8H2,1-2H3,(H2,15,19). The maximum Gasteiger partial charge on any atom is 0.120 e. The first-order valence-electron chi connectivity index (χ1n) is 6.40. The lowest BCUT2D eigenvalue weighted by Gasteiger charge is -2.27. The zero-order chi connectivity index (χ0) is 13.8. The molecule has 0 heterocycles. The quantitative estimate of drug-likeness (QED) is 0.774. The first-order valence-corrected chi connectivity index (χ1v) is 6.81. The lowest BCUT2D eigenvalue weighted by molar-refractivity contribution is 0.205. The van der Waals surface area contributed by atoms with Crippen molar-refractivity contribution in [3.05, 3.63) is 23.8 Å². The number of hydrogen-bond acceptors (Lipinski definition) is 4. The van der Waals surface area contributed by atoms with Crippen LogP contribution in [0.4, 0.5) is 5.69 Å². The third-order valence-electron chi connectivity index (χ3n) is 3.30. The van der Waals surface area contributed by atoms with Gasteiger partial charge in [0.15, 0.2) is 0 Å². The van der Waals surface area contributed by atoms with E-state index in [0.717, 1.165) is 23.5 Å². The number of nitrogens with two attached hydrogens (primary N) is 1. The van der Waals surface area contributed by atoms with Gasteiger partial charge in [0, 0.05) is 31.3 Å². The normalized spacial score (nSPS) is 14.2. The summed E-state index contributed by atoms with van der Waals surface area (Å²) in [7, 11) is 3.38. The van der Waals surface area contributed by atoms with E-state index in [1.807, 2.05) is 18.2 Å². The maximum absolute atomic E-state index is 5.83. The largest absolute Gasteiger partial charge is 0.497 e. The third-order valence-corrected chi connectivity index (χ3v) is 3.52. The van der Waals surface area contributed by atoms with E-state index in [1.54, 1.807) is 14.2 Å². The summed E-state index contributed by atoms with van der Waals surface area (Å²) in [5.41, 5.74) is 7.78. The van der Waals surface area contributed by atoms with Crippen molar-refractivity contribution in [2.75, 3.05) is 32.3 Å². The van der Waals surface area contributed by atoms with Crippen LogP contribution in [0.1, 0.15) is 18.4 Å². The molecule has 2 rings (SSSR count). The summed E-state index contributed by atoms with van der Waals surface area (Å²) in [5.74, 6) is 0.818. The molecule has 104 valence electrons. The monoisotopic (exact) mass is 280 g/mol. The van der Waals surface area contributed by atoms with Crippen molar-refractivity contribution in [1.29, 1.82) is 0 Å². The molecule has 1 aromatic rings. The van der Waals surface area contributed by atoms with Gasteiger partial charge in [-0.15, -0.1) is 0 Å². The molecule has 1 aliphatic carbocycles. The molecule has 0 bridgehead atoms. The van der Waals surface area contributed by atoms with Gasteiger partial charge in [0.25, 0.3) is 0 Å². The van der Waals surface area contributed by atoms with E-state index in [1.165, 1.54) is 12.8 Å². The number of methoxy groups -OCH3 is 2. The van der Waals surface area contributed by atoms with Gasteiger partial charge in [0.1, 0.15) is 10.7 Å². The van der Waals surface area contributed by atoms with Crippen LogP contribution in [0.2, 0.25) is 0 Å². The molecule has 0 aromatic heterocycles. The molecule has 4 nitrogen and oxygen atoms in total. The Bertz CT molecular complexity index is 461. The SMILES string of the molecule is COCCN(c1cc(OC)ccc1C(N)=S)C1CC1. The predicted octanol–water partition coefficient (Wildman–Crippen LogP) is 1.94. The van der Waals surface area contributed by atoms with Crippen molar-refractivity contribution in [2.24, 2.45) is 5.73 Å². The smallest absolute Gasteiger partial charge is 0.120 e. The molecular weight excluding hydrogens is 260 g/mol. The Kier molecular flexibility index (Phi) is 4.61. The molecule has 1 aromatic carbocycles. The summed E-state index contributed by atoms with van der Waals surface area (Å²) in [5, 5.41) is 0. The number of hydrogen-bond donors (Lipinski definition) is 1. The van der Waals surface area contributed by atoms with E-state index in [9.17, 15) is 0 Å². The van der Waals surface area contributed by atoms with Gasteiger partial charge in [0.05, 0.1) is 19.4 Å². The molecule has 0 atom stereocenters. The van der Waals surface area contributed by atoms with Crippen molar-refractivity contribution in [1.82, 2.24) is 0 Å². The molecule has 0 amide bonds. The van der Waals surface area contributed by atoms with E-state index in [2.05, 4.69) is 4.90 Å². The number of ether oxygens (including phenoxy) is 2. The summed E-state index contributed by atoms with van der Waals surface area (Å²) in [6, 6.07) is 6.39. The van der Waals surface area contributed by atoms with Crippen LogP contribution in [-0.4, -0.2) is 38.4 Å². The molecule has 2 N–H and O–H groups in total. The summed E-state index contributed by atoms with van der Waals surface area (Å²) < 4.78 is 10.5. The fraction of sp³-hybridized carbons (Fsp3) is 0.500. The molecule has 1 aliphatic rings. The lowest BCUT2D eigenvalue weighted by atomic mass is 10.1. The maximum atomic E-state index is 5.83. The van der Waals surface area contributed by atoms with Crippen LogP contribution in [0.5, 0.6) is 5.75 Å². The van der Waals surface area contributed by atoms with Crippen LogP contribution in [0.25, 0.3) is 0 Å². The number of thiocarbonyl (C=S) groups is 1. The Balaban J connectivity index is 2.34. The molecule has 5 heteroatoms. The summed E-state index contributed by atoms with van der Waals surface area (Å²) in [4.78, 5) is 2.74. The molecule has 1 fully saturated rings. The zero-order valence-corrected chi connectivity index (χ0v) is 12.2. The van der Waals surface area contributed by atoms with Crippen LogP contribution in [-0.2, 0) is 4.74 Å². The Hall–Kier alpha value is -1.33. The molecule has 0 saturated heterocycles. The Morgan fingerprint density at radius 1 is 1.42 bits per heavy atom. The van der Waals surface area contributed by atoms with Gasteiger partial charge < -0.3 is 20.1 Å². The van der Waals surface area contributed by atoms with Gasteiger partial charge in [0.2, 0.25) is 0 Å². The first-order chi connectivity index (χ1) is 9.17. The number of anilines is 1. The zero-order valence-electron chi connectivity index (χ0n) is 11.4. The van der Waals surface area contributed by atoms with Crippen molar-refractivity contribution in [3.8, 4) is 5.75 Å². The molecule has 0 radical (unpaired) electrons. The van der Waals surface area contributed by atoms with E-state index >= 15 is 0 Å². The minimum Gasteiger partial charge on any atom is -0.497 e. The number of benzene rings is 1. The fourth-order valence-electron chi connectivity index (χ4n) is 2.16. The second-order valence-corrected chi connectivity index (χ2v) is 5.10. The number of rotatable bonds is 7. The predicted molar refractivity (Wildman–Crippen MR) is 81.1 cm³/mol. The minimum atomic E-state index is 0.417. The highest BCUT2D eigenvalue weighted by Gasteiger charge is 2.30. The second kappa shape index (κ2) is 6.21. The first kappa shape index (κ1) is 14.1. The van der Waals surface area contributed by atoms with Gasteiger partial charge in [-0.1, -0.05) is 12.2 Å². The number of nitrogens with zero attached hydrogens (tertiary/aromatic N) is 1. The average Bonchev–Trinajstić information content (AvgIpc) is 3.23. The van der Waals surface area contributed by atoms with Crippen molar-refractivity contribution in [3.63, 3.8) is 0 Å². The lowest BCUT2D eigenvalue weighted by Crippen LogP contribution is -2.31. The van der Waals surface area contributed by atoms with Gasteiger partial charge >= 0.3 is 0 Å². The molecular formula is C14H20N2O2S. The van der Waals surface area contributed by atoms with Crippen molar-refractivity contribution < 1.29 is 9.47 Å². The second-order valence-electron chi connectivity index (χ2n) is 4.66. The Morgan fingerprint density at radius 3 is 2.68 bits per heavy atom. The van der Waals surface area contributed by atoms with Crippen LogP contribution < -0.4 is 15.4 Å². The van der Waals surface area contributed by atoms with Gasteiger partial charge in [-0.2, -0.15) is 0 Å². The Morgan fingerprint density at radius 2 is 2.16 bits per heavy atom. The van der Waals surface area contributed by atoms with E-state index in [4.69, 9.17) is 27.4 Å². The van der Waals surface area contributed by atoms with Crippen LogP contribution >= 0.6 is 12.2 Å². The van der Waals surface area contributed by atoms with E-state index < -0.39 is 0 Å². The van der Waals surface area contributed by atoms with Crippen LogP contribution in [0.3, 0.4) is 0 Å². The summed E-state index contributed by atoms with van der Waals surface area (Å²) in [6.07, 6.45) is 2.41. The third kappa shape index (κ3) is 3.36. The Labute approximate surface area is 119 Å². The molecule has 1 saturated carbocycles. The minimum absolute atomic E-state index is 0.417. The van der Waals surface area contributed by atoms with Crippen molar-refractivity contribution >= 4 is 22.9 Å². The average molecular weight is 280 g/mol. The van der Waals surface area contributed by atoms with E-state index in [-0.39, 0.29) is 0 Å². The highest BCUT2D eigenvalue weighted by Crippen LogP contribution is 2.35. The molecule has 0 spiro atoms. The summed E-state index contributed by atoms with van der Waals surface area (Å²) in [6.45, 7) is 1.52. The highest BCUT2D eigenvalue weighted by atomic mass is 32.1. The van der Waals surface area contributed by atoms with Crippen LogP contribution in [0, 0.1) is 0 Å². The fourth-order valence-corrected chi connectivity index (χ4v) is 2.33. The van der Waals surface area contributed by atoms with Crippen molar-refractivity contribution in [2.45, 2.75) is 18.9 Å². The van der Waals surface area contributed by atoms with Gasteiger partial charge in [-0.05, 0) is 25.0 Å². The van der Waals surface area contributed by atoms with Gasteiger partial charge in [-0.25, -0.2) is 0 Å².